The lowest BCUT2D eigenvalue weighted by Crippen LogP contribution is -2.54. The molecule has 0 atom stereocenters. The minimum absolute atomic E-state index is 0.123. The van der Waals surface area contributed by atoms with Crippen molar-refractivity contribution in [1.82, 2.24) is 9.62 Å². The van der Waals surface area contributed by atoms with E-state index in [1.807, 2.05) is 29.6 Å². The van der Waals surface area contributed by atoms with Crippen LogP contribution >= 0.6 is 11.3 Å². The molecule has 1 fully saturated rings. The van der Waals surface area contributed by atoms with Gasteiger partial charge < -0.3 is 10.6 Å². The second-order valence-electron chi connectivity index (χ2n) is 5.56. The zero-order valence-electron chi connectivity index (χ0n) is 12.8. The van der Waals surface area contributed by atoms with E-state index in [2.05, 4.69) is 10.6 Å². The van der Waals surface area contributed by atoms with Crippen LogP contribution in [0.15, 0.2) is 29.6 Å². The highest BCUT2D eigenvalue weighted by atomic mass is 32.2. The minimum Gasteiger partial charge on any atom is -0.337 e. The van der Waals surface area contributed by atoms with Crippen LogP contribution in [0.25, 0.3) is 10.1 Å². The maximum absolute atomic E-state index is 12.0. The lowest BCUT2D eigenvalue weighted by molar-refractivity contribution is 0.195. The van der Waals surface area contributed by atoms with Crippen LogP contribution in [0.5, 0.6) is 0 Å². The Morgan fingerprint density at radius 3 is 2.87 bits per heavy atom. The number of thiophene rings is 1. The number of benzene rings is 1. The van der Waals surface area contributed by atoms with Crippen molar-refractivity contribution in [1.29, 1.82) is 0 Å². The molecule has 1 saturated heterocycles. The molecule has 2 N–H and O–H groups in total. The highest BCUT2D eigenvalue weighted by molar-refractivity contribution is 7.89. The monoisotopic (exact) mass is 353 g/mol. The molecule has 0 bridgehead atoms. The van der Waals surface area contributed by atoms with Crippen molar-refractivity contribution in [3.8, 4) is 0 Å². The fraction of sp³-hybridized carbons (Fsp3) is 0.400. The first kappa shape index (κ1) is 16.2. The van der Waals surface area contributed by atoms with Gasteiger partial charge in [0, 0.05) is 25.6 Å². The second kappa shape index (κ2) is 6.46. The van der Waals surface area contributed by atoms with Crippen molar-refractivity contribution in [3.63, 3.8) is 0 Å². The highest BCUT2D eigenvalue weighted by Crippen LogP contribution is 2.28. The first-order valence-electron chi connectivity index (χ1n) is 7.48. The van der Waals surface area contributed by atoms with Gasteiger partial charge in [-0.1, -0.05) is 12.1 Å². The Bertz CT molecular complexity index is 810. The SMILES string of the molecule is CCS(=O)(=O)N1CC(CNC(=O)Nc2cccc3ccsc23)C1. The first-order valence-corrected chi connectivity index (χ1v) is 9.97. The number of nitrogens with one attached hydrogen (secondary N) is 2. The molecular weight excluding hydrogens is 334 g/mol. The quantitative estimate of drug-likeness (QED) is 0.866. The summed E-state index contributed by atoms with van der Waals surface area (Å²) in [5.41, 5.74) is 0.791. The Hall–Kier alpha value is -1.64. The third-order valence-electron chi connectivity index (χ3n) is 3.96. The van der Waals surface area contributed by atoms with Crippen molar-refractivity contribution in [2.24, 2.45) is 5.92 Å². The van der Waals surface area contributed by atoms with E-state index >= 15 is 0 Å². The number of urea groups is 1. The number of nitrogens with zero attached hydrogens (tertiary/aromatic N) is 1. The van der Waals surface area contributed by atoms with Crippen molar-refractivity contribution >= 4 is 43.2 Å². The Labute approximate surface area is 139 Å². The molecule has 2 aromatic rings. The Kier molecular flexibility index (Phi) is 4.56. The number of anilines is 1. The molecule has 3 rings (SSSR count). The molecule has 1 aliphatic heterocycles. The summed E-state index contributed by atoms with van der Waals surface area (Å²) in [5, 5.41) is 8.76. The maximum atomic E-state index is 12.0. The van der Waals surface area contributed by atoms with Crippen LogP contribution in [0, 0.1) is 5.92 Å². The van der Waals surface area contributed by atoms with Crippen molar-refractivity contribution < 1.29 is 13.2 Å². The van der Waals surface area contributed by atoms with Gasteiger partial charge in [-0.25, -0.2) is 17.5 Å². The second-order valence-corrected chi connectivity index (χ2v) is 8.74. The maximum Gasteiger partial charge on any atom is 0.319 e. The molecule has 1 aliphatic rings. The lowest BCUT2D eigenvalue weighted by atomic mass is 10.0. The largest absolute Gasteiger partial charge is 0.337 e. The van der Waals surface area contributed by atoms with Crippen LogP contribution in [0.2, 0.25) is 0 Å². The van der Waals surface area contributed by atoms with Crippen molar-refractivity contribution in [2.75, 3.05) is 30.7 Å². The zero-order valence-corrected chi connectivity index (χ0v) is 14.4. The van der Waals surface area contributed by atoms with Gasteiger partial charge in [0.25, 0.3) is 0 Å². The summed E-state index contributed by atoms with van der Waals surface area (Å²) in [6.45, 7) is 3.08. The van der Waals surface area contributed by atoms with E-state index in [0.29, 0.717) is 19.6 Å². The molecule has 2 amide bonds. The molecule has 1 aromatic heterocycles. The van der Waals surface area contributed by atoms with Crippen molar-refractivity contribution in [3.05, 3.63) is 29.6 Å². The smallest absolute Gasteiger partial charge is 0.319 e. The molecule has 0 aliphatic carbocycles. The van der Waals surface area contributed by atoms with Gasteiger partial charge >= 0.3 is 6.03 Å². The van der Waals surface area contributed by atoms with Crippen LogP contribution in [-0.2, 0) is 10.0 Å². The molecule has 8 heteroatoms. The number of carbonyl (C=O) groups is 1. The molecule has 23 heavy (non-hydrogen) atoms. The van der Waals surface area contributed by atoms with Gasteiger partial charge in [0.05, 0.1) is 16.1 Å². The molecule has 6 nitrogen and oxygen atoms in total. The molecule has 0 radical (unpaired) electrons. The molecule has 0 saturated carbocycles. The number of amides is 2. The highest BCUT2D eigenvalue weighted by Gasteiger charge is 2.34. The number of hydrogen-bond acceptors (Lipinski definition) is 4. The number of carbonyl (C=O) groups excluding carboxylic acids is 1. The molecule has 0 spiro atoms. The predicted molar refractivity (Wildman–Crippen MR) is 93.4 cm³/mol. The fourth-order valence-electron chi connectivity index (χ4n) is 2.56. The number of sulfonamides is 1. The average Bonchev–Trinajstić information content (AvgIpc) is 2.95. The van der Waals surface area contributed by atoms with Gasteiger partial charge in [-0.2, -0.15) is 0 Å². The van der Waals surface area contributed by atoms with Crippen LogP contribution in [0.4, 0.5) is 10.5 Å². The van der Waals surface area contributed by atoms with E-state index < -0.39 is 10.0 Å². The molecule has 0 unspecified atom stereocenters. The summed E-state index contributed by atoms with van der Waals surface area (Å²) >= 11 is 1.59. The van der Waals surface area contributed by atoms with E-state index in [1.54, 1.807) is 18.3 Å². The lowest BCUT2D eigenvalue weighted by Gasteiger charge is -2.37. The zero-order chi connectivity index (χ0) is 16.4. The number of fused-ring (bicyclic) bond motifs is 1. The predicted octanol–water partition coefficient (Wildman–Crippen LogP) is 2.30. The number of rotatable bonds is 5. The van der Waals surface area contributed by atoms with Gasteiger partial charge in [0.2, 0.25) is 10.0 Å². The standard InChI is InChI=1S/C15H19N3O3S2/c1-2-23(20,21)18-9-11(10-18)8-16-15(19)17-13-5-3-4-12-6-7-22-14(12)13/h3-7,11H,2,8-10H2,1H3,(H2,16,17,19). The third kappa shape index (κ3) is 3.49. The molecule has 1 aromatic carbocycles. The van der Waals surface area contributed by atoms with E-state index in [-0.39, 0.29) is 17.7 Å². The summed E-state index contributed by atoms with van der Waals surface area (Å²) in [4.78, 5) is 12.0. The summed E-state index contributed by atoms with van der Waals surface area (Å²) in [6, 6.07) is 7.54. The minimum atomic E-state index is -3.09. The third-order valence-corrected chi connectivity index (χ3v) is 6.74. The first-order chi connectivity index (χ1) is 11.0. The van der Waals surface area contributed by atoms with Crippen molar-refractivity contribution in [2.45, 2.75) is 6.92 Å². The van der Waals surface area contributed by atoms with Crippen LogP contribution < -0.4 is 10.6 Å². The summed E-state index contributed by atoms with van der Waals surface area (Å²) in [5.74, 6) is 0.304. The van der Waals surface area contributed by atoms with E-state index in [0.717, 1.165) is 15.8 Å². The summed E-state index contributed by atoms with van der Waals surface area (Å²) in [7, 11) is -3.09. The van der Waals surface area contributed by atoms with Gasteiger partial charge in [-0.3, -0.25) is 0 Å². The molecular formula is C15H19N3O3S2. The molecule has 124 valence electrons. The fourth-order valence-corrected chi connectivity index (χ4v) is 4.67. The Morgan fingerprint density at radius 1 is 1.35 bits per heavy atom. The average molecular weight is 353 g/mol. The van der Waals surface area contributed by atoms with Gasteiger partial charge in [-0.05, 0) is 29.8 Å². The number of hydrogen-bond donors (Lipinski definition) is 2. The normalized spacial score (nSPS) is 16.2. The van der Waals surface area contributed by atoms with Crippen LogP contribution in [0.1, 0.15) is 6.92 Å². The van der Waals surface area contributed by atoms with Crippen LogP contribution in [0.3, 0.4) is 0 Å². The molecule has 2 heterocycles. The Morgan fingerprint density at radius 2 is 2.13 bits per heavy atom. The van der Waals surface area contributed by atoms with E-state index in [1.165, 1.54) is 4.31 Å². The topological polar surface area (TPSA) is 78.5 Å². The van der Waals surface area contributed by atoms with E-state index in [4.69, 9.17) is 0 Å². The van der Waals surface area contributed by atoms with E-state index in [9.17, 15) is 13.2 Å². The Balaban J connectivity index is 1.49. The van der Waals surface area contributed by atoms with Gasteiger partial charge in [0.1, 0.15) is 0 Å². The van der Waals surface area contributed by atoms with Gasteiger partial charge in [-0.15, -0.1) is 11.3 Å². The summed E-state index contributed by atoms with van der Waals surface area (Å²) < 4.78 is 25.8. The van der Waals surface area contributed by atoms with Gasteiger partial charge in [0.15, 0.2) is 0 Å². The summed E-state index contributed by atoms with van der Waals surface area (Å²) in [6.07, 6.45) is 0. The van der Waals surface area contributed by atoms with Crippen LogP contribution in [-0.4, -0.2) is 44.1 Å².